The monoisotopic (exact) mass is 222 g/mol. The Morgan fingerprint density at radius 2 is 2.27 bits per heavy atom. The van der Waals surface area contributed by atoms with Crippen LogP contribution >= 0.6 is 11.3 Å². The normalized spacial score (nSPS) is 15.5. The molecule has 0 radical (unpaired) electrons. The quantitative estimate of drug-likeness (QED) is 0.685. The van der Waals surface area contributed by atoms with Gasteiger partial charge in [0.15, 0.2) is 0 Å². The van der Waals surface area contributed by atoms with Crippen molar-refractivity contribution in [2.45, 2.75) is 44.9 Å². The maximum absolute atomic E-state index is 11.5. The van der Waals surface area contributed by atoms with Gasteiger partial charge in [-0.05, 0) is 36.6 Å². The van der Waals surface area contributed by atoms with Gasteiger partial charge in [0.05, 0.1) is 0 Å². The zero-order valence-electron chi connectivity index (χ0n) is 9.08. The van der Waals surface area contributed by atoms with Gasteiger partial charge in [-0.3, -0.25) is 4.79 Å². The molecule has 1 heterocycles. The van der Waals surface area contributed by atoms with Crippen LogP contribution in [-0.2, 0) is 11.2 Å². The molecular formula is C13H18OS. The lowest BCUT2D eigenvalue weighted by molar-refractivity contribution is -0.119. The van der Waals surface area contributed by atoms with E-state index >= 15 is 0 Å². The van der Waals surface area contributed by atoms with Gasteiger partial charge in [0.2, 0.25) is 0 Å². The fourth-order valence-electron chi connectivity index (χ4n) is 1.81. The maximum Gasteiger partial charge on any atom is 0.132 e. The first-order valence-corrected chi connectivity index (χ1v) is 6.76. The van der Waals surface area contributed by atoms with Gasteiger partial charge in [-0.2, -0.15) is 0 Å². The van der Waals surface area contributed by atoms with Crippen molar-refractivity contribution in [1.29, 1.82) is 0 Å². The highest BCUT2D eigenvalue weighted by Crippen LogP contribution is 2.33. The Hall–Kier alpha value is -0.630. The van der Waals surface area contributed by atoms with Crippen LogP contribution in [0.2, 0.25) is 0 Å². The molecule has 1 nitrogen and oxygen atoms in total. The highest BCUT2D eigenvalue weighted by atomic mass is 32.1. The summed E-state index contributed by atoms with van der Waals surface area (Å²) in [5.41, 5.74) is 0. The van der Waals surface area contributed by atoms with E-state index in [0.29, 0.717) is 5.78 Å². The van der Waals surface area contributed by atoms with Crippen molar-refractivity contribution in [3.63, 3.8) is 0 Å². The largest absolute Gasteiger partial charge is 0.300 e. The second-order valence-corrected chi connectivity index (χ2v) is 5.49. The first kappa shape index (κ1) is 10.9. The minimum atomic E-state index is 0.471. The van der Waals surface area contributed by atoms with Gasteiger partial charge in [-0.25, -0.2) is 0 Å². The fourth-order valence-corrected chi connectivity index (χ4v) is 2.56. The van der Waals surface area contributed by atoms with Crippen LogP contribution < -0.4 is 0 Å². The molecule has 0 saturated heterocycles. The van der Waals surface area contributed by atoms with E-state index in [9.17, 15) is 4.79 Å². The molecule has 0 aromatic carbocycles. The highest BCUT2D eigenvalue weighted by Gasteiger charge is 2.21. The molecule has 82 valence electrons. The summed E-state index contributed by atoms with van der Waals surface area (Å²) in [6, 6.07) is 4.23. The van der Waals surface area contributed by atoms with Crippen LogP contribution in [0.25, 0.3) is 0 Å². The Balaban J connectivity index is 1.54. The molecule has 15 heavy (non-hydrogen) atoms. The minimum absolute atomic E-state index is 0.471. The molecule has 1 aromatic rings. The van der Waals surface area contributed by atoms with Crippen molar-refractivity contribution < 1.29 is 4.79 Å². The Morgan fingerprint density at radius 1 is 1.40 bits per heavy atom. The summed E-state index contributed by atoms with van der Waals surface area (Å²) in [6.45, 7) is 0. The van der Waals surface area contributed by atoms with Gasteiger partial charge in [0.25, 0.3) is 0 Å². The zero-order chi connectivity index (χ0) is 10.5. The SMILES string of the molecule is O=C(CCCc1cccs1)CCC1CC1. The van der Waals surface area contributed by atoms with E-state index in [2.05, 4.69) is 17.5 Å². The Labute approximate surface area is 95.5 Å². The summed E-state index contributed by atoms with van der Waals surface area (Å²) < 4.78 is 0. The van der Waals surface area contributed by atoms with Crippen molar-refractivity contribution in [2.75, 3.05) is 0 Å². The Kier molecular flexibility index (Phi) is 3.95. The van der Waals surface area contributed by atoms with Crippen LogP contribution in [-0.4, -0.2) is 5.78 Å². The van der Waals surface area contributed by atoms with E-state index in [1.807, 2.05) is 0 Å². The van der Waals surface area contributed by atoms with Gasteiger partial charge in [-0.15, -0.1) is 11.3 Å². The van der Waals surface area contributed by atoms with Crippen LogP contribution in [0.3, 0.4) is 0 Å². The second-order valence-electron chi connectivity index (χ2n) is 4.45. The Morgan fingerprint density at radius 3 is 2.93 bits per heavy atom. The van der Waals surface area contributed by atoms with Crippen molar-refractivity contribution in [3.8, 4) is 0 Å². The molecule has 0 aliphatic heterocycles. The molecule has 1 aromatic heterocycles. The molecule has 0 atom stereocenters. The number of hydrogen-bond acceptors (Lipinski definition) is 2. The molecule has 1 saturated carbocycles. The minimum Gasteiger partial charge on any atom is -0.300 e. The smallest absolute Gasteiger partial charge is 0.132 e. The number of carbonyl (C=O) groups excluding carboxylic acids is 1. The van der Waals surface area contributed by atoms with E-state index in [-0.39, 0.29) is 0 Å². The summed E-state index contributed by atoms with van der Waals surface area (Å²) in [4.78, 5) is 12.9. The van der Waals surface area contributed by atoms with Crippen LogP contribution in [0.5, 0.6) is 0 Å². The third kappa shape index (κ3) is 4.17. The summed E-state index contributed by atoms with van der Waals surface area (Å²) in [6.07, 6.45) is 7.60. The van der Waals surface area contributed by atoms with Crippen LogP contribution in [0.15, 0.2) is 17.5 Å². The molecule has 2 rings (SSSR count). The van der Waals surface area contributed by atoms with Crippen molar-refractivity contribution in [3.05, 3.63) is 22.4 Å². The molecule has 1 fully saturated rings. The third-order valence-electron chi connectivity index (χ3n) is 2.99. The maximum atomic E-state index is 11.5. The molecule has 0 N–H and O–H groups in total. The second kappa shape index (κ2) is 5.45. The molecular weight excluding hydrogens is 204 g/mol. The number of thiophene rings is 1. The number of ketones is 1. The number of hydrogen-bond donors (Lipinski definition) is 0. The summed E-state index contributed by atoms with van der Waals surface area (Å²) in [7, 11) is 0. The van der Waals surface area contributed by atoms with Crippen LogP contribution in [0, 0.1) is 5.92 Å². The number of Topliss-reactive ketones (excluding diaryl/α,β-unsaturated/α-hetero) is 1. The molecule has 0 bridgehead atoms. The molecule has 2 heteroatoms. The number of rotatable bonds is 7. The fraction of sp³-hybridized carbons (Fsp3) is 0.615. The number of aryl methyl sites for hydroxylation is 1. The summed E-state index contributed by atoms with van der Waals surface area (Å²) in [5, 5.41) is 2.10. The Bertz CT molecular complexity index is 298. The summed E-state index contributed by atoms with van der Waals surface area (Å²) >= 11 is 1.79. The topological polar surface area (TPSA) is 17.1 Å². The average molecular weight is 222 g/mol. The molecule has 0 amide bonds. The lowest BCUT2D eigenvalue weighted by atomic mass is 10.1. The van der Waals surface area contributed by atoms with Gasteiger partial charge >= 0.3 is 0 Å². The number of carbonyl (C=O) groups is 1. The van der Waals surface area contributed by atoms with E-state index < -0.39 is 0 Å². The first-order chi connectivity index (χ1) is 7.34. The average Bonchev–Trinajstić information content (AvgIpc) is 2.92. The lowest BCUT2D eigenvalue weighted by Crippen LogP contribution is -1.98. The molecule has 1 aliphatic carbocycles. The van der Waals surface area contributed by atoms with Crippen molar-refractivity contribution in [1.82, 2.24) is 0 Å². The van der Waals surface area contributed by atoms with Crippen molar-refractivity contribution >= 4 is 17.1 Å². The van der Waals surface area contributed by atoms with E-state index in [0.717, 1.165) is 38.0 Å². The van der Waals surface area contributed by atoms with Gasteiger partial charge in [0.1, 0.15) is 5.78 Å². The summed E-state index contributed by atoms with van der Waals surface area (Å²) in [5.74, 6) is 1.37. The van der Waals surface area contributed by atoms with Gasteiger partial charge in [-0.1, -0.05) is 18.9 Å². The zero-order valence-corrected chi connectivity index (χ0v) is 9.89. The predicted octanol–water partition coefficient (Wildman–Crippen LogP) is 3.83. The first-order valence-electron chi connectivity index (χ1n) is 5.88. The van der Waals surface area contributed by atoms with E-state index in [4.69, 9.17) is 0 Å². The van der Waals surface area contributed by atoms with E-state index in [1.54, 1.807) is 11.3 Å². The highest BCUT2D eigenvalue weighted by molar-refractivity contribution is 7.09. The standard InChI is InChI=1S/C13H18OS/c14-12(9-8-11-6-7-11)3-1-4-13-5-2-10-15-13/h2,5,10-11H,1,3-4,6-9H2. The molecule has 1 aliphatic rings. The van der Waals surface area contributed by atoms with Crippen molar-refractivity contribution in [2.24, 2.45) is 5.92 Å². The van der Waals surface area contributed by atoms with Crippen LogP contribution in [0.1, 0.15) is 43.4 Å². The van der Waals surface area contributed by atoms with Crippen LogP contribution in [0.4, 0.5) is 0 Å². The molecule has 0 spiro atoms. The van der Waals surface area contributed by atoms with Gasteiger partial charge < -0.3 is 0 Å². The van der Waals surface area contributed by atoms with E-state index in [1.165, 1.54) is 17.7 Å². The van der Waals surface area contributed by atoms with Gasteiger partial charge in [0, 0.05) is 17.7 Å². The predicted molar refractivity (Wildman–Crippen MR) is 64.2 cm³/mol. The third-order valence-corrected chi connectivity index (χ3v) is 3.92. The molecule has 0 unspecified atom stereocenters. The lowest BCUT2D eigenvalue weighted by Gasteiger charge is -1.99.